The second-order valence-corrected chi connectivity index (χ2v) is 2.06. The Labute approximate surface area is 58.3 Å². The Hall–Kier alpha value is -1.51. The summed E-state index contributed by atoms with van der Waals surface area (Å²) in [6.07, 6.45) is 3.38. The first-order valence-corrected chi connectivity index (χ1v) is 2.97. The summed E-state index contributed by atoms with van der Waals surface area (Å²) in [4.78, 5) is 8.13. The van der Waals surface area contributed by atoms with Gasteiger partial charge in [-0.2, -0.15) is 0 Å². The van der Waals surface area contributed by atoms with Gasteiger partial charge in [0.1, 0.15) is 0 Å². The smallest absolute Gasteiger partial charge is 0.0512 e. The highest BCUT2D eigenvalue weighted by atomic mass is 15.1. The van der Waals surface area contributed by atoms with Crippen molar-refractivity contribution >= 4 is 11.2 Å². The third kappa shape index (κ3) is 0.572. The van der Waals surface area contributed by atoms with Crippen LogP contribution < -0.4 is 0 Å². The highest BCUT2D eigenvalue weighted by Crippen LogP contribution is 2.05. The van der Waals surface area contributed by atoms with Crippen molar-refractivity contribution in [3.8, 4) is 0 Å². The largest absolute Gasteiger partial charge is 0.456 e. The number of rotatable bonds is 0. The van der Waals surface area contributed by atoms with E-state index in [2.05, 4.69) is 17.0 Å². The van der Waals surface area contributed by atoms with Crippen molar-refractivity contribution in [2.45, 2.75) is 0 Å². The van der Waals surface area contributed by atoms with Crippen molar-refractivity contribution in [1.29, 1.82) is 0 Å². The molecule has 0 saturated heterocycles. The van der Waals surface area contributed by atoms with E-state index >= 15 is 0 Å². The first kappa shape index (κ1) is 5.29. The van der Waals surface area contributed by atoms with Gasteiger partial charge in [0.25, 0.3) is 0 Å². The lowest BCUT2D eigenvalue weighted by Crippen LogP contribution is -1.82. The summed E-state index contributed by atoms with van der Waals surface area (Å²) in [7, 11) is 3.70. The minimum atomic E-state index is 0.822. The highest BCUT2D eigenvalue weighted by Gasteiger charge is 1.87. The lowest BCUT2D eigenvalue weighted by Gasteiger charge is -1.98. The van der Waals surface area contributed by atoms with Crippen LogP contribution in [0.1, 0.15) is 0 Å². The first-order valence-electron chi connectivity index (χ1n) is 2.97. The van der Waals surface area contributed by atoms with E-state index in [0.29, 0.717) is 0 Å². The Morgan fingerprint density at radius 2 is 2.30 bits per heavy atom. The molecule has 0 fully saturated rings. The van der Waals surface area contributed by atoms with Gasteiger partial charge in [0.15, 0.2) is 0 Å². The van der Waals surface area contributed by atoms with E-state index in [1.165, 1.54) is 0 Å². The average molecular weight is 132 g/mol. The van der Waals surface area contributed by atoms with E-state index in [9.17, 15) is 0 Å². The third-order valence-electron chi connectivity index (χ3n) is 1.37. The molecule has 2 heterocycles. The maximum Gasteiger partial charge on any atom is 0.0512 e. The summed E-state index contributed by atoms with van der Waals surface area (Å²) >= 11 is 0. The van der Waals surface area contributed by atoms with E-state index in [-0.39, 0.29) is 0 Å². The van der Waals surface area contributed by atoms with Gasteiger partial charge in [0, 0.05) is 11.7 Å². The molecule has 2 aromatic rings. The maximum absolute atomic E-state index is 4.08. The van der Waals surface area contributed by atoms with Crippen LogP contribution in [-0.2, 0) is 0 Å². The molecule has 0 N–H and O–H groups in total. The summed E-state index contributed by atoms with van der Waals surface area (Å²) < 4.78 is 1.65. The minimum absolute atomic E-state index is 0.822. The summed E-state index contributed by atoms with van der Waals surface area (Å²) in [5.41, 5.74) is 1.71. The van der Waals surface area contributed by atoms with Crippen LogP contribution in [0.25, 0.3) is 11.2 Å². The number of fused-ring (bicyclic) bond motifs is 1. The zero-order chi connectivity index (χ0) is 6.97. The quantitative estimate of drug-likeness (QED) is 0.502. The molecule has 50 valence electrons. The van der Waals surface area contributed by atoms with Crippen LogP contribution in [-0.4, -0.2) is 14.5 Å². The molecule has 0 aromatic carbocycles. The van der Waals surface area contributed by atoms with E-state index in [1.807, 2.05) is 12.1 Å². The van der Waals surface area contributed by atoms with Gasteiger partial charge in [-0.05, 0) is 18.5 Å². The number of hydrogen-bond donors (Lipinski definition) is 0. The van der Waals surface area contributed by atoms with Gasteiger partial charge in [0.05, 0.1) is 5.65 Å². The van der Waals surface area contributed by atoms with E-state index in [0.717, 1.165) is 11.2 Å². The Balaban J connectivity index is 2.93. The van der Waals surface area contributed by atoms with Crippen LogP contribution >= 0.6 is 0 Å². The summed E-state index contributed by atoms with van der Waals surface area (Å²) in [6, 6.07) is 3.76. The van der Waals surface area contributed by atoms with Crippen molar-refractivity contribution in [1.82, 2.24) is 14.5 Å². The molecule has 0 aliphatic carbocycles. The number of pyridine rings is 1. The van der Waals surface area contributed by atoms with Gasteiger partial charge in [-0.25, -0.2) is 0 Å². The SMILES string of the molecule is [CH2-]n1cnc2cccnc21. The average Bonchev–Trinajstić information content (AvgIpc) is 2.34. The van der Waals surface area contributed by atoms with Crippen LogP contribution in [0.3, 0.4) is 0 Å². The van der Waals surface area contributed by atoms with E-state index in [1.54, 1.807) is 17.1 Å². The maximum atomic E-state index is 4.08. The van der Waals surface area contributed by atoms with Gasteiger partial charge in [-0.3, -0.25) is 0 Å². The fourth-order valence-corrected chi connectivity index (χ4v) is 0.897. The van der Waals surface area contributed by atoms with Crippen LogP contribution in [0.5, 0.6) is 0 Å². The zero-order valence-corrected chi connectivity index (χ0v) is 5.36. The van der Waals surface area contributed by atoms with Gasteiger partial charge >= 0.3 is 0 Å². The molecular weight excluding hydrogens is 126 g/mol. The molecule has 0 radical (unpaired) electrons. The van der Waals surface area contributed by atoms with Crippen LogP contribution in [0.2, 0.25) is 0 Å². The van der Waals surface area contributed by atoms with Crippen LogP contribution in [0.4, 0.5) is 0 Å². The molecule has 0 spiro atoms. The Morgan fingerprint density at radius 1 is 1.40 bits per heavy atom. The second kappa shape index (κ2) is 1.73. The molecule has 0 amide bonds. The Kier molecular flexibility index (Phi) is 0.917. The molecule has 3 heteroatoms. The molecule has 0 saturated carbocycles. The minimum Gasteiger partial charge on any atom is -0.456 e. The molecule has 0 unspecified atom stereocenters. The lowest BCUT2D eigenvalue weighted by molar-refractivity contribution is 1.07. The lowest BCUT2D eigenvalue weighted by atomic mass is 10.4. The Bertz CT molecular complexity index is 350. The highest BCUT2D eigenvalue weighted by molar-refractivity contribution is 5.70. The monoisotopic (exact) mass is 132 g/mol. The van der Waals surface area contributed by atoms with E-state index in [4.69, 9.17) is 0 Å². The second-order valence-electron chi connectivity index (χ2n) is 2.06. The fraction of sp³-hybridized carbons (Fsp3) is 0. The van der Waals surface area contributed by atoms with Crippen molar-refractivity contribution < 1.29 is 0 Å². The van der Waals surface area contributed by atoms with Crippen molar-refractivity contribution in [2.24, 2.45) is 0 Å². The first-order chi connectivity index (χ1) is 4.88. The van der Waals surface area contributed by atoms with Gasteiger partial charge in [0.2, 0.25) is 0 Å². The number of imidazole rings is 1. The molecule has 0 atom stereocenters. The predicted octanol–water partition coefficient (Wildman–Crippen LogP) is 1.07. The standard InChI is InChI=1S/C7H6N3/c1-10-5-9-6-3-2-4-8-7(6)10/h2-5H,1H2/q-1. The number of aromatic nitrogens is 3. The van der Waals surface area contributed by atoms with Crippen molar-refractivity contribution in [3.05, 3.63) is 31.7 Å². The Morgan fingerprint density at radius 3 is 3.10 bits per heavy atom. The summed E-state index contributed by atoms with van der Waals surface area (Å²) in [5.74, 6) is 0. The molecule has 0 aliphatic heterocycles. The fourth-order valence-electron chi connectivity index (χ4n) is 0.897. The van der Waals surface area contributed by atoms with E-state index < -0.39 is 0 Å². The molecular formula is C7H6N3-. The topological polar surface area (TPSA) is 30.7 Å². The summed E-state index contributed by atoms with van der Waals surface area (Å²) in [6.45, 7) is 0. The normalized spacial score (nSPS) is 10.4. The molecule has 0 aliphatic rings. The number of nitrogens with zero attached hydrogens (tertiary/aromatic N) is 3. The molecule has 0 bridgehead atoms. The number of hydrogen-bond acceptors (Lipinski definition) is 2. The predicted molar refractivity (Wildman–Crippen MR) is 38.3 cm³/mol. The molecule has 10 heavy (non-hydrogen) atoms. The third-order valence-corrected chi connectivity index (χ3v) is 1.37. The van der Waals surface area contributed by atoms with Crippen LogP contribution in [0.15, 0.2) is 24.7 Å². The molecule has 3 nitrogen and oxygen atoms in total. The molecule has 2 rings (SSSR count). The van der Waals surface area contributed by atoms with Gasteiger partial charge in [-0.1, -0.05) is 0 Å². The zero-order valence-electron chi connectivity index (χ0n) is 5.36. The van der Waals surface area contributed by atoms with Crippen LogP contribution in [0, 0.1) is 7.05 Å². The molecule has 2 aromatic heterocycles. The van der Waals surface area contributed by atoms with Crippen molar-refractivity contribution in [2.75, 3.05) is 0 Å². The van der Waals surface area contributed by atoms with Gasteiger partial charge in [-0.15, -0.1) is 7.05 Å². The van der Waals surface area contributed by atoms with Crippen molar-refractivity contribution in [3.63, 3.8) is 0 Å². The summed E-state index contributed by atoms with van der Waals surface area (Å²) in [5, 5.41) is 0. The van der Waals surface area contributed by atoms with Gasteiger partial charge < -0.3 is 14.5 Å².